The number of anilines is 2. The Kier molecular flexibility index (Phi) is 5.21. The smallest absolute Gasteiger partial charge is 0.137 e. The molecule has 1 aromatic heterocycles. The summed E-state index contributed by atoms with van der Waals surface area (Å²) in [6.07, 6.45) is 6.43. The Morgan fingerprint density at radius 2 is 2.00 bits per heavy atom. The van der Waals surface area contributed by atoms with Gasteiger partial charge in [-0.1, -0.05) is 13.3 Å². The molecule has 1 saturated heterocycles. The van der Waals surface area contributed by atoms with E-state index in [-0.39, 0.29) is 0 Å². The molecule has 112 valence electrons. The van der Waals surface area contributed by atoms with Gasteiger partial charge in [0.2, 0.25) is 0 Å². The lowest BCUT2D eigenvalue weighted by Crippen LogP contribution is -2.40. The molecule has 1 atom stereocenters. The summed E-state index contributed by atoms with van der Waals surface area (Å²) in [5.74, 6) is 3.00. The van der Waals surface area contributed by atoms with Crippen LogP contribution < -0.4 is 10.2 Å². The van der Waals surface area contributed by atoms with Crippen molar-refractivity contribution in [3.8, 4) is 0 Å². The standard InChI is InChI=1S/C16H28N4/c1-5-9-14-10-7-8-11-20(14)16-12(3)15(17-6-2)18-13(4)19-16/h14H,5-11H2,1-4H3,(H,17,18,19). The molecule has 4 heteroatoms. The molecule has 1 aliphatic rings. The van der Waals surface area contributed by atoms with Crippen LogP contribution in [-0.4, -0.2) is 29.1 Å². The number of hydrogen-bond donors (Lipinski definition) is 1. The van der Waals surface area contributed by atoms with Crippen LogP contribution in [0.2, 0.25) is 0 Å². The third-order valence-electron chi connectivity index (χ3n) is 4.10. The first-order valence-electron chi connectivity index (χ1n) is 8.03. The van der Waals surface area contributed by atoms with Gasteiger partial charge in [0, 0.05) is 24.7 Å². The number of nitrogens with one attached hydrogen (secondary N) is 1. The van der Waals surface area contributed by atoms with Gasteiger partial charge in [0.1, 0.15) is 17.5 Å². The maximum Gasteiger partial charge on any atom is 0.137 e. The number of aryl methyl sites for hydroxylation is 1. The number of rotatable bonds is 5. The van der Waals surface area contributed by atoms with Crippen LogP contribution in [0.15, 0.2) is 0 Å². The van der Waals surface area contributed by atoms with Crippen LogP contribution >= 0.6 is 0 Å². The number of hydrogen-bond acceptors (Lipinski definition) is 4. The van der Waals surface area contributed by atoms with Crippen molar-refractivity contribution in [1.82, 2.24) is 9.97 Å². The van der Waals surface area contributed by atoms with Crippen LogP contribution in [0.5, 0.6) is 0 Å². The van der Waals surface area contributed by atoms with Crippen LogP contribution in [-0.2, 0) is 0 Å². The van der Waals surface area contributed by atoms with Crippen molar-refractivity contribution in [3.05, 3.63) is 11.4 Å². The molecule has 0 aliphatic carbocycles. The Morgan fingerprint density at radius 3 is 2.70 bits per heavy atom. The minimum absolute atomic E-state index is 0.649. The molecule has 0 amide bonds. The van der Waals surface area contributed by atoms with E-state index >= 15 is 0 Å². The average Bonchev–Trinajstić information content (AvgIpc) is 2.44. The summed E-state index contributed by atoms with van der Waals surface area (Å²) in [6, 6.07) is 0.649. The summed E-state index contributed by atoms with van der Waals surface area (Å²) >= 11 is 0. The molecule has 1 aliphatic heterocycles. The normalized spacial score (nSPS) is 19.2. The number of nitrogens with zero attached hydrogens (tertiary/aromatic N) is 3. The first-order chi connectivity index (χ1) is 9.67. The first-order valence-corrected chi connectivity index (χ1v) is 8.03. The summed E-state index contributed by atoms with van der Waals surface area (Å²) in [4.78, 5) is 11.8. The van der Waals surface area contributed by atoms with E-state index in [0.29, 0.717) is 6.04 Å². The summed E-state index contributed by atoms with van der Waals surface area (Å²) in [5, 5.41) is 3.37. The van der Waals surface area contributed by atoms with Crippen molar-refractivity contribution in [2.75, 3.05) is 23.3 Å². The lowest BCUT2D eigenvalue weighted by molar-refractivity contribution is 0.431. The summed E-state index contributed by atoms with van der Waals surface area (Å²) in [5.41, 5.74) is 1.19. The zero-order chi connectivity index (χ0) is 14.5. The van der Waals surface area contributed by atoms with E-state index in [2.05, 4.69) is 36.0 Å². The van der Waals surface area contributed by atoms with Gasteiger partial charge in [-0.05, 0) is 46.5 Å². The van der Waals surface area contributed by atoms with Gasteiger partial charge in [0.15, 0.2) is 0 Å². The quantitative estimate of drug-likeness (QED) is 0.890. The molecule has 1 fully saturated rings. The SMILES string of the molecule is CCCC1CCCCN1c1nc(C)nc(NCC)c1C. The average molecular weight is 276 g/mol. The highest BCUT2D eigenvalue weighted by Gasteiger charge is 2.25. The molecule has 0 aromatic carbocycles. The molecule has 0 bridgehead atoms. The van der Waals surface area contributed by atoms with E-state index in [1.807, 2.05) is 6.92 Å². The fraction of sp³-hybridized carbons (Fsp3) is 0.750. The minimum Gasteiger partial charge on any atom is -0.370 e. The summed E-state index contributed by atoms with van der Waals surface area (Å²) in [6.45, 7) is 10.5. The molecule has 20 heavy (non-hydrogen) atoms. The molecule has 0 radical (unpaired) electrons. The lowest BCUT2D eigenvalue weighted by atomic mass is 9.98. The number of piperidine rings is 1. The zero-order valence-corrected chi connectivity index (χ0v) is 13.4. The molecule has 2 rings (SSSR count). The molecular formula is C16H28N4. The van der Waals surface area contributed by atoms with Gasteiger partial charge in [-0.3, -0.25) is 0 Å². The van der Waals surface area contributed by atoms with Crippen LogP contribution in [0.3, 0.4) is 0 Å². The van der Waals surface area contributed by atoms with Crippen LogP contribution in [0.1, 0.15) is 57.3 Å². The van der Waals surface area contributed by atoms with E-state index < -0.39 is 0 Å². The second-order valence-electron chi connectivity index (χ2n) is 5.73. The van der Waals surface area contributed by atoms with Gasteiger partial charge >= 0.3 is 0 Å². The molecule has 1 N–H and O–H groups in total. The van der Waals surface area contributed by atoms with Crippen molar-refractivity contribution < 1.29 is 0 Å². The van der Waals surface area contributed by atoms with Crippen molar-refractivity contribution in [2.45, 2.75) is 65.8 Å². The molecule has 1 aromatic rings. The topological polar surface area (TPSA) is 41.1 Å². The van der Waals surface area contributed by atoms with E-state index in [0.717, 1.165) is 30.5 Å². The van der Waals surface area contributed by atoms with Crippen molar-refractivity contribution in [1.29, 1.82) is 0 Å². The maximum atomic E-state index is 4.75. The largest absolute Gasteiger partial charge is 0.370 e. The summed E-state index contributed by atoms with van der Waals surface area (Å²) < 4.78 is 0. The fourth-order valence-corrected chi connectivity index (χ4v) is 3.15. The third kappa shape index (κ3) is 3.22. The molecule has 0 saturated carbocycles. The maximum absolute atomic E-state index is 4.75. The lowest BCUT2D eigenvalue weighted by Gasteiger charge is -2.37. The fourth-order valence-electron chi connectivity index (χ4n) is 3.15. The minimum atomic E-state index is 0.649. The third-order valence-corrected chi connectivity index (χ3v) is 4.10. The van der Waals surface area contributed by atoms with Crippen molar-refractivity contribution in [3.63, 3.8) is 0 Å². The van der Waals surface area contributed by atoms with E-state index in [1.165, 1.54) is 37.7 Å². The number of aromatic nitrogens is 2. The Hall–Kier alpha value is -1.32. The highest BCUT2D eigenvalue weighted by molar-refractivity contribution is 5.59. The van der Waals surface area contributed by atoms with Gasteiger partial charge in [-0.2, -0.15) is 0 Å². The Bertz CT molecular complexity index is 442. The van der Waals surface area contributed by atoms with Crippen molar-refractivity contribution in [2.24, 2.45) is 0 Å². The van der Waals surface area contributed by atoms with Gasteiger partial charge in [-0.15, -0.1) is 0 Å². The molecule has 2 heterocycles. The molecule has 1 unspecified atom stereocenters. The van der Waals surface area contributed by atoms with Gasteiger partial charge in [-0.25, -0.2) is 9.97 Å². The molecule has 0 spiro atoms. The van der Waals surface area contributed by atoms with Crippen LogP contribution in [0.25, 0.3) is 0 Å². The van der Waals surface area contributed by atoms with Crippen molar-refractivity contribution >= 4 is 11.6 Å². The predicted octanol–water partition coefficient (Wildman–Crippen LogP) is 3.68. The first kappa shape index (κ1) is 15.1. The highest BCUT2D eigenvalue weighted by Crippen LogP contribution is 2.30. The van der Waals surface area contributed by atoms with E-state index in [1.54, 1.807) is 0 Å². The molecular weight excluding hydrogens is 248 g/mol. The second-order valence-corrected chi connectivity index (χ2v) is 5.73. The van der Waals surface area contributed by atoms with Gasteiger partial charge < -0.3 is 10.2 Å². The zero-order valence-electron chi connectivity index (χ0n) is 13.4. The molecule has 4 nitrogen and oxygen atoms in total. The van der Waals surface area contributed by atoms with E-state index in [4.69, 9.17) is 4.98 Å². The van der Waals surface area contributed by atoms with Gasteiger partial charge in [0.05, 0.1) is 0 Å². The Labute approximate surface area is 123 Å². The Balaban J connectivity index is 2.33. The predicted molar refractivity (Wildman–Crippen MR) is 85.6 cm³/mol. The van der Waals surface area contributed by atoms with E-state index in [9.17, 15) is 0 Å². The van der Waals surface area contributed by atoms with Crippen LogP contribution in [0, 0.1) is 13.8 Å². The van der Waals surface area contributed by atoms with Gasteiger partial charge in [0.25, 0.3) is 0 Å². The summed E-state index contributed by atoms with van der Waals surface area (Å²) in [7, 11) is 0. The van der Waals surface area contributed by atoms with Crippen LogP contribution in [0.4, 0.5) is 11.6 Å². The Morgan fingerprint density at radius 1 is 1.20 bits per heavy atom. The second kappa shape index (κ2) is 6.91. The highest BCUT2D eigenvalue weighted by atomic mass is 15.2. The monoisotopic (exact) mass is 276 g/mol.